The minimum absolute atomic E-state index is 0.217. The third-order valence-electron chi connectivity index (χ3n) is 2.90. The molecule has 0 fully saturated rings. The molecule has 0 aliphatic rings. The summed E-state index contributed by atoms with van der Waals surface area (Å²) in [6.07, 6.45) is -0.0975. The van der Waals surface area contributed by atoms with Crippen LogP contribution in [0.5, 0.6) is 5.75 Å². The molecule has 0 heterocycles. The summed E-state index contributed by atoms with van der Waals surface area (Å²) >= 11 is 1.30. The molecule has 0 saturated carbocycles. The first-order valence-corrected chi connectivity index (χ1v) is 7.96. The van der Waals surface area contributed by atoms with Gasteiger partial charge < -0.3 is 20.3 Å². The van der Waals surface area contributed by atoms with Gasteiger partial charge in [0.2, 0.25) is 5.91 Å². The molecule has 0 saturated heterocycles. The van der Waals surface area contributed by atoms with Gasteiger partial charge in [-0.2, -0.15) is 11.8 Å². The zero-order valence-corrected chi connectivity index (χ0v) is 13.4. The number of amides is 1. The molecule has 0 aliphatic heterocycles. The number of benzene rings is 1. The second kappa shape index (κ2) is 9.32. The number of thioether (sulfide) groups is 1. The van der Waals surface area contributed by atoms with Crippen molar-refractivity contribution < 1.29 is 24.5 Å². The molecule has 0 aromatic heterocycles. The summed E-state index contributed by atoms with van der Waals surface area (Å²) in [5, 5.41) is 21.3. The Labute approximate surface area is 133 Å². The summed E-state index contributed by atoms with van der Waals surface area (Å²) in [6.45, 7) is 1.28. The maximum atomic E-state index is 11.0. The summed E-state index contributed by atoms with van der Waals surface area (Å²) in [6, 6.07) is 6.48. The van der Waals surface area contributed by atoms with Crippen molar-refractivity contribution in [3.8, 4) is 5.75 Å². The predicted molar refractivity (Wildman–Crippen MR) is 85.3 cm³/mol. The van der Waals surface area contributed by atoms with Crippen LogP contribution in [0.3, 0.4) is 0 Å². The van der Waals surface area contributed by atoms with Crippen LogP contribution in [-0.2, 0) is 16.0 Å². The molecule has 0 spiro atoms. The predicted octanol–water partition coefficient (Wildman–Crippen LogP) is 0.921. The van der Waals surface area contributed by atoms with Crippen LogP contribution in [0.15, 0.2) is 24.3 Å². The lowest BCUT2D eigenvalue weighted by molar-refractivity contribution is -0.140. The molecule has 122 valence electrons. The monoisotopic (exact) mass is 327 g/mol. The number of hydrogen-bond donors (Lipinski definition) is 3. The highest BCUT2D eigenvalue weighted by atomic mass is 32.2. The second-order valence-corrected chi connectivity index (χ2v) is 5.91. The van der Waals surface area contributed by atoms with Gasteiger partial charge in [0.15, 0.2) is 0 Å². The van der Waals surface area contributed by atoms with Gasteiger partial charge in [-0.05, 0) is 24.1 Å². The Morgan fingerprint density at radius 2 is 1.91 bits per heavy atom. The van der Waals surface area contributed by atoms with Crippen molar-refractivity contribution in [2.75, 3.05) is 18.6 Å². The van der Waals surface area contributed by atoms with Gasteiger partial charge >= 0.3 is 5.97 Å². The minimum Gasteiger partial charge on any atom is -0.497 e. The number of aliphatic hydroxyl groups is 1. The number of carboxylic acid groups (broad SMARTS) is 1. The SMILES string of the molecule is COc1ccc(CC(O)CSC[C@H](NC(C)=O)C(=O)O)cc1. The quantitative estimate of drug-likeness (QED) is 0.624. The number of carbonyl (C=O) groups is 2. The van der Waals surface area contributed by atoms with Crippen LogP contribution in [0.4, 0.5) is 0 Å². The normalized spacial score (nSPS) is 13.2. The van der Waals surface area contributed by atoms with Crippen LogP contribution < -0.4 is 10.1 Å². The van der Waals surface area contributed by atoms with Crippen molar-refractivity contribution in [3.63, 3.8) is 0 Å². The Bertz CT molecular complexity index is 491. The second-order valence-electron chi connectivity index (χ2n) is 4.83. The Hall–Kier alpha value is -1.73. The van der Waals surface area contributed by atoms with Gasteiger partial charge in [-0.1, -0.05) is 12.1 Å². The smallest absolute Gasteiger partial charge is 0.327 e. The van der Waals surface area contributed by atoms with Crippen molar-refractivity contribution in [1.29, 1.82) is 0 Å². The van der Waals surface area contributed by atoms with Crippen molar-refractivity contribution in [2.45, 2.75) is 25.5 Å². The van der Waals surface area contributed by atoms with E-state index < -0.39 is 18.1 Å². The van der Waals surface area contributed by atoms with Crippen LogP contribution in [0, 0.1) is 0 Å². The average Bonchev–Trinajstić information content (AvgIpc) is 2.46. The lowest BCUT2D eigenvalue weighted by Crippen LogP contribution is -2.41. The van der Waals surface area contributed by atoms with Gasteiger partial charge in [-0.15, -0.1) is 0 Å². The Kier molecular flexibility index (Phi) is 7.76. The van der Waals surface area contributed by atoms with E-state index in [2.05, 4.69) is 5.32 Å². The van der Waals surface area contributed by atoms with Crippen molar-refractivity contribution in [3.05, 3.63) is 29.8 Å². The molecule has 1 amide bonds. The number of ether oxygens (including phenoxy) is 1. The number of aliphatic hydroxyl groups excluding tert-OH is 1. The third-order valence-corrected chi connectivity index (χ3v) is 4.09. The summed E-state index contributed by atoms with van der Waals surface area (Å²) in [7, 11) is 1.59. The van der Waals surface area contributed by atoms with E-state index in [-0.39, 0.29) is 11.7 Å². The standard InChI is InChI=1S/C15H21NO5S/c1-10(17)16-14(15(19)20)9-22-8-12(18)7-11-3-5-13(21-2)6-4-11/h3-6,12,14,18H,7-9H2,1-2H3,(H,16,17)(H,19,20)/t12?,14-/m0/s1. The molecule has 3 N–H and O–H groups in total. The minimum atomic E-state index is -1.08. The van der Waals surface area contributed by atoms with E-state index in [0.717, 1.165) is 11.3 Å². The molecule has 1 rings (SSSR count). The first-order valence-electron chi connectivity index (χ1n) is 6.81. The van der Waals surface area contributed by atoms with Gasteiger partial charge in [0, 0.05) is 18.4 Å². The molecule has 1 aromatic rings. The molecular weight excluding hydrogens is 306 g/mol. The Morgan fingerprint density at radius 3 is 2.41 bits per heavy atom. The Balaban J connectivity index is 2.36. The van der Waals surface area contributed by atoms with E-state index in [1.165, 1.54) is 18.7 Å². The van der Waals surface area contributed by atoms with Crippen LogP contribution in [0.2, 0.25) is 0 Å². The lowest BCUT2D eigenvalue weighted by Gasteiger charge is -2.15. The summed E-state index contributed by atoms with van der Waals surface area (Å²) < 4.78 is 5.06. The fraction of sp³-hybridized carbons (Fsp3) is 0.467. The highest BCUT2D eigenvalue weighted by Gasteiger charge is 2.18. The molecular formula is C15H21NO5S. The first-order chi connectivity index (χ1) is 10.4. The number of hydrogen-bond acceptors (Lipinski definition) is 5. The van der Waals surface area contributed by atoms with E-state index in [1.54, 1.807) is 7.11 Å². The summed E-state index contributed by atoms with van der Waals surface area (Å²) in [5.41, 5.74) is 0.977. The molecule has 1 aromatic carbocycles. The number of carboxylic acids is 1. The third kappa shape index (κ3) is 6.82. The van der Waals surface area contributed by atoms with E-state index in [1.807, 2.05) is 24.3 Å². The summed E-state index contributed by atoms with van der Waals surface area (Å²) in [5.74, 6) is -0.0874. The van der Waals surface area contributed by atoms with Gasteiger partial charge in [-0.3, -0.25) is 4.79 Å². The van der Waals surface area contributed by atoms with Crippen LogP contribution in [0.25, 0.3) is 0 Å². The summed E-state index contributed by atoms with van der Waals surface area (Å²) in [4.78, 5) is 21.9. The highest BCUT2D eigenvalue weighted by molar-refractivity contribution is 7.99. The molecule has 7 heteroatoms. The topological polar surface area (TPSA) is 95.9 Å². The number of nitrogens with one attached hydrogen (secondary N) is 1. The van der Waals surface area contributed by atoms with E-state index in [0.29, 0.717) is 12.2 Å². The molecule has 0 aliphatic carbocycles. The molecule has 2 atom stereocenters. The van der Waals surface area contributed by atoms with Crippen LogP contribution in [-0.4, -0.2) is 52.9 Å². The van der Waals surface area contributed by atoms with Crippen molar-refractivity contribution in [1.82, 2.24) is 5.32 Å². The maximum Gasteiger partial charge on any atom is 0.327 e. The zero-order chi connectivity index (χ0) is 16.5. The number of aliphatic carboxylic acids is 1. The number of carbonyl (C=O) groups excluding carboxylic acids is 1. The zero-order valence-electron chi connectivity index (χ0n) is 12.6. The molecule has 0 radical (unpaired) electrons. The van der Waals surface area contributed by atoms with E-state index in [4.69, 9.17) is 9.84 Å². The van der Waals surface area contributed by atoms with E-state index in [9.17, 15) is 14.7 Å². The molecule has 6 nitrogen and oxygen atoms in total. The molecule has 1 unspecified atom stereocenters. The first kappa shape index (κ1) is 18.3. The number of methoxy groups -OCH3 is 1. The maximum absolute atomic E-state index is 11.0. The van der Waals surface area contributed by atoms with Gasteiger partial charge in [-0.25, -0.2) is 4.79 Å². The van der Waals surface area contributed by atoms with Crippen molar-refractivity contribution in [2.24, 2.45) is 0 Å². The number of rotatable bonds is 9. The highest BCUT2D eigenvalue weighted by Crippen LogP contribution is 2.14. The van der Waals surface area contributed by atoms with E-state index >= 15 is 0 Å². The van der Waals surface area contributed by atoms with Crippen LogP contribution in [0.1, 0.15) is 12.5 Å². The van der Waals surface area contributed by atoms with Crippen LogP contribution >= 0.6 is 11.8 Å². The molecule has 0 bridgehead atoms. The fourth-order valence-corrected chi connectivity index (χ4v) is 2.82. The molecule has 22 heavy (non-hydrogen) atoms. The van der Waals surface area contributed by atoms with Gasteiger partial charge in [0.25, 0.3) is 0 Å². The lowest BCUT2D eigenvalue weighted by atomic mass is 10.1. The van der Waals surface area contributed by atoms with Crippen molar-refractivity contribution >= 4 is 23.6 Å². The fourth-order valence-electron chi connectivity index (χ4n) is 1.83. The van der Waals surface area contributed by atoms with Gasteiger partial charge in [0.05, 0.1) is 13.2 Å². The Morgan fingerprint density at radius 1 is 1.27 bits per heavy atom. The largest absolute Gasteiger partial charge is 0.497 e. The average molecular weight is 327 g/mol. The van der Waals surface area contributed by atoms with Gasteiger partial charge in [0.1, 0.15) is 11.8 Å².